The fraction of sp³-hybridized carbons (Fsp3) is 0.474. The van der Waals surface area contributed by atoms with Gasteiger partial charge in [0.1, 0.15) is 11.5 Å². The van der Waals surface area contributed by atoms with E-state index in [9.17, 15) is 10.1 Å². The molecule has 1 fully saturated rings. The lowest BCUT2D eigenvalue weighted by atomic mass is 10.1. The van der Waals surface area contributed by atoms with E-state index in [0.717, 1.165) is 50.3 Å². The van der Waals surface area contributed by atoms with Crippen molar-refractivity contribution in [1.29, 1.82) is 0 Å². The lowest BCUT2D eigenvalue weighted by Gasteiger charge is -2.33. The molecule has 0 amide bonds. The average Bonchev–Trinajstić information content (AvgIpc) is 2.69. The number of hydrogen-bond donors (Lipinski definition) is 3. The van der Waals surface area contributed by atoms with Crippen LogP contribution in [0.3, 0.4) is 0 Å². The maximum absolute atomic E-state index is 11.1. The molecule has 2 aromatic rings. The highest BCUT2D eigenvalue weighted by molar-refractivity contribution is 5.85. The van der Waals surface area contributed by atoms with Gasteiger partial charge in [0.25, 0.3) is 5.69 Å². The summed E-state index contributed by atoms with van der Waals surface area (Å²) >= 11 is 0. The van der Waals surface area contributed by atoms with E-state index >= 15 is 0 Å². The zero-order valence-electron chi connectivity index (χ0n) is 17.1. The summed E-state index contributed by atoms with van der Waals surface area (Å²) in [6.07, 6.45) is 4.07. The molecule has 4 N–H and O–H groups in total. The normalized spacial score (nSPS) is 15.7. The van der Waals surface area contributed by atoms with Crippen LogP contribution in [-0.4, -0.2) is 41.1 Å². The highest BCUT2D eigenvalue weighted by atomic mass is 35.5. The van der Waals surface area contributed by atoms with Crippen LogP contribution in [0.4, 0.5) is 28.8 Å². The minimum absolute atomic E-state index is 0. The number of anilines is 4. The van der Waals surface area contributed by atoms with E-state index in [1.54, 1.807) is 6.07 Å². The summed E-state index contributed by atoms with van der Waals surface area (Å²) in [6.45, 7) is 3.95. The Morgan fingerprint density at radius 2 is 2.07 bits per heavy atom. The number of aromatic nitrogens is 2. The van der Waals surface area contributed by atoms with Crippen molar-refractivity contribution in [2.75, 3.05) is 36.1 Å². The molecule has 2 heterocycles. The number of aryl methyl sites for hydroxylation is 1. The number of likely N-dealkylation sites (N-methyl/N-ethyl adjacent to an activating group) is 1. The van der Waals surface area contributed by atoms with Crippen LogP contribution < -0.4 is 21.3 Å². The number of nitrogens with zero attached hydrogens (tertiary/aromatic N) is 4. The number of halogens is 2. The molecule has 9 nitrogen and oxygen atoms in total. The SMILES string of the molecule is CCCc1cc(N2CCC[C@@H](NC)C2)nc(Nc2ccc(N)c([N+](=O)[O-])c2)n1.Cl.Cl. The fourth-order valence-corrected chi connectivity index (χ4v) is 3.41. The standard InChI is InChI=1S/C19H27N7O2.2ClH/c1-3-5-13-11-18(25-9-4-6-15(12-25)21-2)24-19(22-13)23-14-7-8-16(20)17(10-14)26(27)28;;/h7-8,10-11,15,21H,3-6,9,12,20H2,1-2H3,(H,22,23,24);2*1H/t15-;;/m1../s1. The molecule has 3 rings (SSSR count). The number of hydrogen-bond acceptors (Lipinski definition) is 8. The predicted molar refractivity (Wildman–Crippen MR) is 126 cm³/mol. The van der Waals surface area contributed by atoms with Crippen LogP contribution in [0.25, 0.3) is 0 Å². The summed E-state index contributed by atoms with van der Waals surface area (Å²) in [5.74, 6) is 1.32. The second-order valence-electron chi connectivity index (χ2n) is 7.02. The lowest BCUT2D eigenvalue weighted by molar-refractivity contribution is -0.383. The Morgan fingerprint density at radius 3 is 2.73 bits per heavy atom. The number of nitrogen functional groups attached to an aromatic ring is 1. The van der Waals surface area contributed by atoms with Crippen molar-refractivity contribution in [3.63, 3.8) is 0 Å². The van der Waals surface area contributed by atoms with Crippen molar-refractivity contribution in [3.8, 4) is 0 Å². The van der Waals surface area contributed by atoms with Crippen LogP contribution in [0.5, 0.6) is 0 Å². The molecule has 30 heavy (non-hydrogen) atoms. The highest BCUT2D eigenvalue weighted by Gasteiger charge is 2.21. The highest BCUT2D eigenvalue weighted by Crippen LogP contribution is 2.27. The predicted octanol–water partition coefficient (Wildman–Crippen LogP) is 3.69. The van der Waals surface area contributed by atoms with E-state index in [-0.39, 0.29) is 36.2 Å². The Kier molecular flexibility index (Phi) is 10.0. The zero-order chi connectivity index (χ0) is 20.1. The van der Waals surface area contributed by atoms with E-state index in [2.05, 4.69) is 32.4 Å². The molecule has 1 aliphatic heterocycles. The molecule has 1 saturated heterocycles. The average molecular weight is 458 g/mol. The molecule has 0 aliphatic carbocycles. The van der Waals surface area contributed by atoms with Crippen LogP contribution in [0.1, 0.15) is 31.9 Å². The van der Waals surface area contributed by atoms with Gasteiger partial charge in [0, 0.05) is 42.6 Å². The fourth-order valence-electron chi connectivity index (χ4n) is 3.41. The number of nitro benzene ring substituents is 1. The van der Waals surface area contributed by atoms with E-state index in [1.165, 1.54) is 12.1 Å². The Morgan fingerprint density at radius 1 is 1.30 bits per heavy atom. The number of benzene rings is 1. The first kappa shape index (κ1) is 25.7. The Labute approximate surface area is 188 Å². The minimum atomic E-state index is -0.494. The van der Waals surface area contributed by atoms with Crippen molar-refractivity contribution < 1.29 is 4.92 Å². The van der Waals surface area contributed by atoms with Crippen molar-refractivity contribution in [2.24, 2.45) is 0 Å². The largest absolute Gasteiger partial charge is 0.393 e. The van der Waals surface area contributed by atoms with Gasteiger partial charge in [0.15, 0.2) is 0 Å². The third kappa shape index (κ3) is 6.32. The van der Waals surface area contributed by atoms with Gasteiger partial charge in [-0.05, 0) is 38.4 Å². The molecule has 0 spiro atoms. The van der Waals surface area contributed by atoms with Crippen molar-refractivity contribution in [2.45, 2.75) is 38.6 Å². The number of nitrogens with one attached hydrogen (secondary N) is 2. The van der Waals surface area contributed by atoms with Gasteiger partial charge in [-0.3, -0.25) is 10.1 Å². The summed E-state index contributed by atoms with van der Waals surface area (Å²) in [7, 11) is 1.98. The third-order valence-electron chi connectivity index (χ3n) is 4.91. The maximum atomic E-state index is 11.1. The number of piperidine rings is 1. The number of nitrogens with two attached hydrogens (primary N) is 1. The van der Waals surface area contributed by atoms with Crippen molar-refractivity contribution >= 4 is 53.6 Å². The zero-order valence-corrected chi connectivity index (χ0v) is 18.8. The van der Waals surface area contributed by atoms with Gasteiger partial charge in [-0.25, -0.2) is 4.98 Å². The first-order valence-corrected chi connectivity index (χ1v) is 9.61. The molecule has 1 aliphatic rings. The van der Waals surface area contributed by atoms with Gasteiger partial charge in [-0.1, -0.05) is 13.3 Å². The summed E-state index contributed by atoms with van der Waals surface area (Å²) in [4.78, 5) is 22.2. The molecule has 0 saturated carbocycles. The molecule has 0 bridgehead atoms. The third-order valence-corrected chi connectivity index (χ3v) is 4.91. The maximum Gasteiger partial charge on any atom is 0.294 e. The number of rotatable bonds is 7. The van der Waals surface area contributed by atoms with Gasteiger partial charge < -0.3 is 21.3 Å². The van der Waals surface area contributed by atoms with Gasteiger partial charge in [-0.15, -0.1) is 24.8 Å². The topological polar surface area (TPSA) is 122 Å². The van der Waals surface area contributed by atoms with Gasteiger partial charge in [-0.2, -0.15) is 4.98 Å². The van der Waals surface area contributed by atoms with Crippen LogP contribution in [0.2, 0.25) is 0 Å². The Balaban J connectivity index is 0.00000225. The van der Waals surface area contributed by atoms with Crippen LogP contribution in [-0.2, 0) is 6.42 Å². The van der Waals surface area contributed by atoms with Crippen molar-refractivity contribution in [3.05, 3.63) is 40.1 Å². The first-order valence-electron chi connectivity index (χ1n) is 9.61. The molecule has 1 atom stereocenters. The molecule has 1 aromatic heterocycles. The van der Waals surface area contributed by atoms with Crippen LogP contribution in [0, 0.1) is 10.1 Å². The molecule has 0 radical (unpaired) electrons. The van der Waals surface area contributed by atoms with Crippen LogP contribution in [0.15, 0.2) is 24.3 Å². The van der Waals surface area contributed by atoms with Gasteiger partial charge >= 0.3 is 0 Å². The molecule has 11 heteroatoms. The summed E-state index contributed by atoms with van der Waals surface area (Å²) in [5, 5.41) is 17.6. The van der Waals surface area contributed by atoms with E-state index in [0.29, 0.717) is 17.7 Å². The molecule has 0 unspecified atom stereocenters. The quantitative estimate of drug-likeness (QED) is 0.326. The van der Waals surface area contributed by atoms with Gasteiger partial charge in [0.2, 0.25) is 5.95 Å². The van der Waals surface area contributed by atoms with Gasteiger partial charge in [0.05, 0.1) is 4.92 Å². The van der Waals surface area contributed by atoms with E-state index in [4.69, 9.17) is 5.73 Å². The second-order valence-corrected chi connectivity index (χ2v) is 7.02. The Bertz CT molecular complexity index is 854. The van der Waals surface area contributed by atoms with Crippen LogP contribution >= 0.6 is 24.8 Å². The van der Waals surface area contributed by atoms with Crippen molar-refractivity contribution in [1.82, 2.24) is 15.3 Å². The minimum Gasteiger partial charge on any atom is -0.393 e. The molecule has 166 valence electrons. The summed E-state index contributed by atoms with van der Waals surface area (Å²) in [6, 6.07) is 7.09. The molecule has 1 aromatic carbocycles. The molecular weight excluding hydrogens is 429 g/mol. The first-order chi connectivity index (χ1) is 13.5. The summed E-state index contributed by atoms with van der Waals surface area (Å²) < 4.78 is 0. The number of nitro groups is 1. The Hall–Kier alpha value is -2.36. The second kappa shape index (κ2) is 11.7. The summed E-state index contributed by atoms with van der Waals surface area (Å²) in [5.41, 5.74) is 7.16. The monoisotopic (exact) mass is 457 g/mol. The lowest BCUT2D eigenvalue weighted by Crippen LogP contribution is -2.44. The smallest absolute Gasteiger partial charge is 0.294 e. The molecular formula is C19H29Cl2N7O2. The van der Waals surface area contributed by atoms with E-state index in [1.807, 2.05) is 13.1 Å². The van der Waals surface area contributed by atoms with E-state index < -0.39 is 4.92 Å².